The van der Waals surface area contributed by atoms with Gasteiger partial charge in [0.25, 0.3) is 0 Å². The van der Waals surface area contributed by atoms with Crippen molar-refractivity contribution in [1.82, 2.24) is 10.2 Å². The number of hydrogen-bond acceptors (Lipinski definition) is 13. The molecular weight excluding hydrogens is 652 g/mol. The number of rotatable bonds is 0. The SMILES string of the molecule is C1#CCOCCOCCOCCOCCOc2ccc(cc2)-c2nnc(s2)-c2ccc(cc2)OCCOCCOCCOCCOCC#C1. The van der Waals surface area contributed by atoms with E-state index in [9.17, 15) is 0 Å². The van der Waals surface area contributed by atoms with Gasteiger partial charge in [0.15, 0.2) is 0 Å². The van der Waals surface area contributed by atoms with Crippen LogP contribution >= 0.6 is 11.3 Å². The van der Waals surface area contributed by atoms with E-state index in [1.165, 1.54) is 11.3 Å². The van der Waals surface area contributed by atoms with Crippen molar-refractivity contribution in [3.8, 4) is 56.3 Å². The van der Waals surface area contributed by atoms with Gasteiger partial charge >= 0.3 is 0 Å². The Hall–Kier alpha value is -3.60. The average molecular weight is 697 g/mol. The van der Waals surface area contributed by atoms with E-state index in [0.717, 1.165) is 32.6 Å². The topological polar surface area (TPSA) is 118 Å². The first-order valence-electron chi connectivity index (χ1n) is 16.3. The maximum atomic E-state index is 5.80. The van der Waals surface area contributed by atoms with E-state index in [-0.39, 0.29) is 13.2 Å². The molecule has 2 aromatic carbocycles. The van der Waals surface area contributed by atoms with Crippen LogP contribution in [-0.2, 0) is 37.9 Å². The molecule has 3 aliphatic rings. The second kappa shape index (κ2) is 25.4. The number of aromatic nitrogens is 2. The summed E-state index contributed by atoms with van der Waals surface area (Å²) in [5, 5.41) is 10.4. The van der Waals surface area contributed by atoms with Crippen molar-refractivity contribution in [1.29, 1.82) is 0 Å². The predicted molar refractivity (Wildman–Crippen MR) is 184 cm³/mol. The number of benzene rings is 2. The molecule has 0 amide bonds. The van der Waals surface area contributed by atoms with Crippen molar-refractivity contribution in [2.24, 2.45) is 0 Å². The summed E-state index contributed by atoms with van der Waals surface area (Å²) >= 11 is 1.53. The van der Waals surface area contributed by atoms with Gasteiger partial charge in [-0.2, -0.15) is 0 Å². The smallest absolute Gasteiger partial charge is 0.148 e. The molecule has 0 radical (unpaired) electrons. The van der Waals surface area contributed by atoms with Gasteiger partial charge in [0.05, 0.1) is 92.5 Å². The number of hydrogen-bond donors (Lipinski definition) is 0. The molecule has 3 aliphatic heterocycles. The summed E-state index contributed by atoms with van der Waals surface area (Å²) < 4.78 is 55.6. The fourth-order valence-electron chi connectivity index (χ4n) is 4.01. The summed E-state index contributed by atoms with van der Waals surface area (Å²) in [5.41, 5.74) is 1.95. The van der Waals surface area contributed by atoms with Crippen molar-refractivity contribution in [2.45, 2.75) is 0 Å². The highest BCUT2D eigenvalue weighted by atomic mass is 32.1. The molecule has 0 fully saturated rings. The van der Waals surface area contributed by atoms with E-state index < -0.39 is 0 Å². The zero-order valence-corrected chi connectivity index (χ0v) is 28.5. The Bertz CT molecular complexity index is 1310. The molecule has 0 saturated heterocycles. The van der Waals surface area contributed by atoms with Crippen LogP contribution in [0.1, 0.15) is 0 Å². The minimum Gasteiger partial charge on any atom is -0.491 e. The van der Waals surface area contributed by atoms with Crippen molar-refractivity contribution in [2.75, 3.05) is 119 Å². The molecule has 13 heteroatoms. The minimum atomic E-state index is 0.290. The van der Waals surface area contributed by atoms with Crippen LogP contribution in [0.25, 0.3) is 21.1 Å². The quantitative estimate of drug-likeness (QED) is 0.319. The first-order valence-corrected chi connectivity index (χ1v) is 17.1. The third-order valence-electron chi connectivity index (χ3n) is 6.44. The molecule has 3 aromatic rings. The molecule has 1 aromatic heterocycles. The van der Waals surface area contributed by atoms with Gasteiger partial charge in [0.2, 0.25) is 0 Å². The molecule has 0 unspecified atom stereocenters. The monoisotopic (exact) mass is 696 g/mol. The third-order valence-corrected chi connectivity index (χ3v) is 7.46. The maximum absolute atomic E-state index is 5.80. The first-order chi connectivity index (χ1) is 24.4. The van der Waals surface area contributed by atoms with E-state index in [2.05, 4.69) is 33.9 Å². The summed E-state index contributed by atoms with van der Waals surface area (Å²) in [4.78, 5) is 0. The zero-order valence-electron chi connectivity index (χ0n) is 27.7. The van der Waals surface area contributed by atoms with Crippen LogP contribution in [-0.4, -0.2) is 129 Å². The summed E-state index contributed by atoms with van der Waals surface area (Å²) in [5.74, 6) is 12.7. The number of nitrogens with zero attached hydrogens (tertiary/aromatic N) is 2. The van der Waals surface area contributed by atoms with E-state index in [1.54, 1.807) is 0 Å². The van der Waals surface area contributed by atoms with E-state index >= 15 is 0 Å². The summed E-state index contributed by atoms with van der Waals surface area (Å²) in [6.45, 7) is 8.06. The number of ether oxygens (including phenoxy) is 10. The highest BCUT2D eigenvalue weighted by Gasteiger charge is 2.09. The fraction of sp³-hybridized carbons (Fsp3) is 0.500. The lowest BCUT2D eigenvalue weighted by molar-refractivity contribution is -0.00189. The minimum absolute atomic E-state index is 0.290. The van der Waals surface area contributed by atoms with Crippen molar-refractivity contribution >= 4 is 11.3 Å². The van der Waals surface area contributed by atoms with Crippen LogP contribution in [0.3, 0.4) is 0 Å². The van der Waals surface area contributed by atoms with Crippen molar-refractivity contribution in [3.63, 3.8) is 0 Å². The largest absolute Gasteiger partial charge is 0.491 e. The van der Waals surface area contributed by atoms with Crippen LogP contribution in [0.15, 0.2) is 48.5 Å². The van der Waals surface area contributed by atoms with Gasteiger partial charge in [-0.05, 0) is 60.4 Å². The van der Waals surface area contributed by atoms with Crippen LogP contribution in [0, 0.1) is 23.7 Å². The highest BCUT2D eigenvalue weighted by Crippen LogP contribution is 2.31. The molecule has 0 saturated carbocycles. The molecule has 6 bridgehead atoms. The Morgan fingerprint density at radius 1 is 0.388 bits per heavy atom. The molecule has 0 aliphatic carbocycles. The fourth-order valence-corrected chi connectivity index (χ4v) is 4.86. The van der Waals surface area contributed by atoms with Gasteiger partial charge in [-0.25, -0.2) is 0 Å². The Morgan fingerprint density at radius 2 is 0.694 bits per heavy atom. The normalized spacial score (nSPS) is 18.0. The van der Waals surface area contributed by atoms with E-state index in [0.29, 0.717) is 106 Å². The highest BCUT2D eigenvalue weighted by molar-refractivity contribution is 7.17. The molecule has 6 rings (SSSR count). The maximum Gasteiger partial charge on any atom is 0.148 e. The molecule has 12 nitrogen and oxygen atoms in total. The summed E-state index contributed by atoms with van der Waals surface area (Å²) in [6, 6.07) is 15.6. The van der Waals surface area contributed by atoms with Crippen molar-refractivity contribution < 1.29 is 47.4 Å². The van der Waals surface area contributed by atoms with Gasteiger partial charge in [0, 0.05) is 11.1 Å². The Kier molecular flexibility index (Phi) is 19.8. The Labute approximate surface area is 292 Å². The molecule has 0 atom stereocenters. The van der Waals surface area contributed by atoms with Crippen LogP contribution in [0.5, 0.6) is 11.5 Å². The summed E-state index contributed by atoms with van der Waals surface area (Å²) in [7, 11) is 0. The Balaban J connectivity index is 1.16. The van der Waals surface area contributed by atoms with Crippen LogP contribution in [0.2, 0.25) is 0 Å². The third kappa shape index (κ3) is 17.1. The lowest BCUT2D eigenvalue weighted by atomic mass is 10.2. The second-order valence-electron chi connectivity index (χ2n) is 10.0. The molecule has 0 N–H and O–H groups in total. The average Bonchev–Trinajstić information content (AvgIpc) is 3.63. The van der Waals surface area contributed by atoms with E-state index in [1.807, 2.05) is 48.5 Å². The zero-order chi connectivity index (χ0) is 33.9. The van der Waals surface area contributed by atoms with Crippen LogP contribution in [0.4, 0.5) is 0 Å². The van der Waals surface area contributed by atoms with Gasteiger partial charge < -0.3 is 47.4 Å². The summed E-state index contributed by atoms with van der Waals surface area (Å²) in [6.07, 6.45) is 0. The molecule has 0 spiro atoms. The lowest BCUT2D eigenvalue weighted by Gasteiger charge is -2.08. The van der Waals surface area contributed by atoms with Gasteiger partial charge in [0.1, 0.15) is 47.9 Å². The van der Waals surface area contributed by atoms with Crippen molar-refractivity contribution in [3.05, 3.63) is 48.5 Å². The van der Waals surface area contributed by atoms with Gasteiger partial charge in [-0.1, -0.05) is 23.2 Å². The van der Waals surface area contributed by atoms with E-state index in [4.69, 9.17) is 47.4 Å². The molecule has 49 heavy (non-hydrogen) atoms. The van der Waals surface area contributed by atoms with Gasteiger partial charge in [-0.3, -0.25) is 0 Å². The lowest BCUT2D eigenvalue weighted by Crippen LogP contribution is -2.13. The molecule has 264 valence electrons. The second-order valence-corrected chi connectivity index (χ2v) is 11.0. The molecule has 4 heterocycles. The molecular formula is C36H44N2O10S. The standard InChI is InChI=1S/C36H44N2O10S/c1-2-4-14-40-16-18-42-20-22-44-24-26-46-28-30-48-34-11-7-32(8-12-34)36-38-37-35(49-36)31-5-9-33(10-6-31)47-29-27-45-25-23-43-21-19-41-17-15-39-13-3-1/h5-12H,13-30H2. The van der Waals surface area contributed by atoms with Crippen LogP contribution < -0.4 is 9.47 Å². The first kappa shape index (κ1) is 38.2. The number of fused-ring (bicyclic) bond motifs is 2. The Morgan fingerprint density at radius 3 is 1.04 bits per heavy atom. The van der Waals surface area contributed by atoms with Gasteiger partial charge in [-0.15, -0.1) is 10.2 Å². The predicted octanol–water partition coefficient (Wildman–Crippen LogP) is 3.78.